The van der Waals surface area contributed by atoms with Gasteiger partial charge in [0, 0.05) is 17.9 Å². The fraction of sp³-hybridized carbons (Fsp3) is 0.600. The molecule has 1 N–H and O–H groups in total. The molecule has 2 rings (SSSR count). The number of carbonyl (C=O) groups excluding carboxylic acids is 2. The van der Waals surface area contributed by atoms with Crippen LogP contribution in [0.15, 0.2) is 10.6 Å². The molecule has 4 nitrogen and oxygen atoms in total. The standard InChI is InChI=1S/C10H13NO3S/c1-14-10(13)7-5-15-9-6(11-7)3-2-4-8(9)12/h7,11H,2-5H2,1H3. The number of methoxy groups -OCH3 is 1. The summed E-state index contributed by atoms with van der Waals surface area (Å²) in [6.07, 6.45) is 2.37. The summed E-state index contributed by atoms with van der Waals surface area (Å²) in [6.45, 7) is 0. The van der Waals surface area contributed by atoms with Gasteiger partial charge in [0.15, 0.2) is 5.78 Å². The van der Waals surface area contributed by atoms with Gasteiger partial charge in [0.05, 0.1) is 12.0 Å². The Hall–Kier alpha value is -0.970. The lowest BCUT2D eigenvalue weighted by Gasteiger charge is -2.29. The maximum absolute atomic E-state index is 11.5. The third-order valence-electron chi connectivity index (χ3n) is 2.59. The first-order valence-electron chi connectivity index (χ1n) is 4.96. The molecule has 0 amide bonds. The SMILES string of the molecule is COC(=O)C1CSC2=C(CCCC2=O)N1. The van der Waals surface area contributed by atoms with Crippen molar-refractivity contribution < 1.29 is 14.3 Å². The van der Waals surface area contributed by atoms with E-state index < -0.39 is 0 Å². The number of allylic oxidation sites excluding steroid dienone is 2. The fourth-order valence-electron chi connectivity index (χ4n) is 1.81. The number of rotatable bonds is 1. The second kappa shape index (κ2) is 4.26. The highest BCUT2D eigenvalue weighted by molar-refractivity contribution is 8.04. The summed E-state index contributed by atoms with van der Waals surface area (Å²) >= 11 is 1.47. The third kappa shape index (κ3) is 2.02. The maximum Gasteiger partial charge on any atom is 0.329 e. The average molecular weight is 227 g/mol. The van der Waals surface area contributed by atoms with Crippen molar-refractivity contribution in [3.05, 3.63) is 10.6 Å². The number of Topliss-reactive ketones (excluding diaryl/α,β-unsaturated/α-hetero) is 1. The van der Waals surface area contributed by atoms with Crippen molar-refractivity contribution in [1.82, 2.24) is 5.32 Å². The molecule has 0 spiro atoms. The van der Waals surface area contributed by atoms with E-state index in [1.807, 2.05) is 0 Å². The first-order valence-corrected chi connectivity index (χ1v) is 5.94. The molecule has 0 radical (unpaired) electrons. The van der Waals surface area contributed by atoms with Crippen LogP contribution in [0, 0.1) is 0 Å². The summed E-state index contributed by atoms with van der Waals surface area (Å²) in [4.78, 5) is 23.7. The highest BCUT2D eigenvalue weighted by Crippen LogP contribution is 2.33. The van der Waals surface area contributed by atoms with Crippen LogP contribution in [0.3, 0.4) is 0 Å². The van der Waals surface area contributed by atoms with Gasteiger partial charge < -0.3 is 10.1 Å². The van der Waals surface area contributed by atoms with Gasteiger partial charge in [-0.3, -0.25) is 4.79 Å². The van der Waals surface area contributed by atoms with Gasteiger partial charge in [0.25, 0.3) is 0 Å². The lowest BCUT2D eigenvalue weighted by atomic mass is 10.0. The van der Waals surface area contributed by atoms with Crippen molar-refractivity contribution in [3.8, 4) is 0 Å². The first-order chi connectivity index (χ1) is 7.22. The average Bonchev–Trinajstić information content (AvgIpc) is 2.28. The lowest BCUT2D eigenvalue weighted by molar-refractivity contribution is -0.142. The summed E-state index contributed by atoms with van der Waals surface area (Å²) in [5.74, 6) is 0.529. The van der Waals surface area contributed by atoms with E-state index in [0.29, 0.717) is 12.2 Å². The molecule has 1 atom stereocenters. The molecule has 0 bridgehead atoms. The van der Waals surface area contributed by atoms with Crippen molar-refractivity contribution in [2.45, 2.75) is 25.3 Å². The molecule has 0 saturated carbocycles. The summed E-state index contributed by atoms with van der Waals surface area (Å²) in [6, 6.07) is -0.301. The molecule has 2 aliphatic rings. The van der Waals surface area contributed by atoms with Gasteiger partial charge in [-0.2, -0.15) is 0 Å². The Morgan fingerprint density at radius 2 is 2.33 bits per heavy atom. The number of ether oxygens (including phenoxy) is 1. The normalized spacial score (nSPS) is 25.7. The van der Waals surface area contributed by atoms with E-state index in [-0.39, 0.29) is 17.8 Å². The molecule has 0 fully saturated rings. The molecule has 1 heterocycles. The van der Waals surface area contributed by atoms with Gasteiger partial charge in [0.1, 0.15) is 6.04 Å². The number of nitrogens with one attached hydrogen (secondary N) is 1. The molecule has 82 valence electrons. The Labute approximate surface area is 92.4 Å². The Balaban J connectivity index is 2.13. The second-order valence-corrected chi connectivity index (χ2v) is 4.65. The molecule has 5 heteroatoms. The number of esters is 1. The lowest BCUT2D eigenvalue weighted by Crippen LogP contribution is -2.43. The first kappa shape index (κ1) is 10.5. The molecular weight excluding hydrogens is 214 g/mol. The summed E-state index contributed by atoms with van der Waals surface area (Å²) < 4.78 is 4.67. The van der Waals surface area contributed by atoms with Gasteiger partial charge in [-0.25, -0.2) is 4.79 Å². The molecule has 0 aromatic carbocycles. The van der Waals surface area contributed by atoms with E-state index in [9.17, 15) is 9.59 Å². The minimum atomic E-state index is -0.301. The van der Waals surface area contributed by atoms with Crippen LogP contribution < -0.4 is 5.32 Å². The molecular formula is C10H13NO3S. The molecule has 0 aromatic heterocycles. The minimum Gasteiger partial charge on any atom is -0.467 e. The van der Waals surface area contributed by atoms with Crippen LogP contribution in [-0.2, 0) is 14.3 Å². The van der Waals surface area contributed by atoms with Gasteiger partial charge in [-0.05, 0) is 12.8 Å². The summed E-state index contributed by atoms with van der Waals surface area (Å²) in [7, 11) is 1.38. The van der Waals surface area contributed by atoms with Crippen LogP contribution in [0.25, 0.3) is 0 Å². The van der Waals surface area contributed by atoms with Crippen LogP contribution in [0.2, 0.25) is 0 Å². The fourth-order valence-corrected chi connectivity index (χ4v) is 2.97. The Morgan fingerprint density at radius 3 is 3.07 bits per heavy atom. The highest BCUT2D eigenvalue weighted by atomic mass is 32.2. The van der Waals surface area contributed by atoms with Gasteiger partial charge >= 0.3 is 5.97 Å². The summed E-state index contributed by atoms with van der Waals surface area (Å²) in [5, 5.41) is 3.10. The minimum absolute atomic E-state index is 0.206. The Bertz CT molecular complexity index is 338. The van der Waals surface area contributed by atoms with E-state index in [1.165, 1.54) is 18.9 Å². The number of hydrogen-bond donors (Lipinski definition) is 1. The van der Waals surface area contributed by atoms with E-state index >= 15 is 0 Å². The summed E-state index contributed by atoms with van der Waals surface area (Å²) in [5.41, 5.74) is 0.929. The third-order valence-corrected chi connectivity index (χ3v) is 3.85. The zero-order valence-electron chi connectivity index (χ0n) is 8.54. The van der Waals surface area contributed by atoms with Crippen LogP contribution in [0.4, 0.5) is 0 Å². The van der Waals surface area contributed by atoms with Crippen LogP contribution >= 0.6 is 11.8 Å². The van der Waals surface area contributed by atoms with Crippen molar-refractivity contribution in [2.75, 3.05) is 12.9 Å². The predicted molar refractivity (Wildman–Crippen MR) is 57.3 cm³/mol. The van der Waals surface area contributed by atoms with Crippen molar-refractivity contribution >= 4 is 23.5 Å². The van der Waals surface area contributed by atoms with Crippen molar-refractivity contribution in [2.24, 2.45) is 0 Å². The van der Waals surface area contributed by atoms with E-state index in [2.05, 4.69) is 10.1 Å². The Morgan fingerprint density at radius 1 is 1.53 bits per heavy atom. The topological polar surface area (TPSA) is 55.4 Å². The second-order valence-electron chi connectivity index (χ2n) is 3.62. The predicted octanol–water partition coefficient (Wildman–Crippen LogP) is 0.829. The van der Waals surface area contributed by atoms with Crippen molar-refractivity contribution in [1.29, 1.82) is 0 Å². The van der Waals surface area contributed by atoms with Crippen LogP contribution in [-0.4, -0.2) is 30.7 Å². The molecule has 0 saturated heterocycles. The maximum atomic E-state index is 11.5. The van der Waals surface area contributed by atoms with Gasteiger partial charge in [-0.15, -0.1) is 11.8 Å². The zero-order valence-corrected chi connectivity index (χ0v) is 9.36. The largest absolute Gasteiger partial charge is 0.467 e. The number of ketones is 1. The molecule has 15 heavy (non-hydrogen) atoms. The molecule has 1 aliphatic carbocycles. The van der Waals surface area contributed by atoms with E-state index in [0.717, 1.165) is 23.4 Å². The number of hydrogen-bond acceptors (Lipinski definition) is 5. The quantitative estimate of drug-likeness (QED) is 0.672. The van der Waals surface area contributed by atoms with Crippen LogP contribution in [0.5, 0.6) is 0 Å². The smallest absolute Gasteiger partial charge is 0.329 e. The Kier molecular flexibility index (Phi) is 3.00. The van der Waals surface area contributed by atoms with E-state index in [4.69, 9.17) is 0 Å². The monoisotopic (exact) mass is 227 g/mol. The molecule has 1 aliphatic heterocycles. The van der Waals surface area contributed by atoms with Crippen LogP contribution in [0.1, 0.15) is 19.3 Å². The van der Waals surface area contributed by atoms with E-state index in [1.54, 1.807) is 0 Å². The van der Waals surface area contributed by atoms with Gasteiger partial charge in [0.2, 0.25) is 0 Å². The number of thioether (sulfide) groups is 1. The van der Waals surface area contributed by atoms with Gasteiger partial charge in [-0.1, -0.05) is 0 Å². The molecule has 0 aromatic rings. The van der Waals surface area contributed by atoms with Crippen molar-refractivity contribution in [3.63, 3.8) is 0 Å². The highest BCUT2D eigenvalue weighted by Gasteiger charge is 2.31. The zero-order chi connectivity index (χ0) is 10.8. The number of carbonyl (C=O) groups is 2. The molecule has 1 unspecified atom stereocenters.